The molecule has 0 saturated heterocycles. The van der Waals surface area contributed by atoms with Crippen LogP contribution in [0.15, 0.2) is 0 Å². The van der Waals surface area contributed by atoms with Crippen LogP contribution in [0.3, 0.4) is 0 Å². The quantitative estimate of drug-likeness (QED) is 0.589. The number of carboxylic acid groups (broad SMARTS) is 1. The summed E-state index contributed by atoms with van der Waals surface area (Å²) in [6.45, 7) is 5.05. The molecule has 82 valence electrons. The zero-order chi connectivity index (χ0) is 11.4. The normalized spacial score (nSPS) is 16.9. The lowest BCUT2D eigenvalue weighted by Gasteiger charge is -2.23. The van der Waals surface area contributed by atoms with Crippen LogP contribution in [0.1, 0.15) is 33.6 Å². The minimum atomic E-state index is -1.03. The molecule has 0 heterocycles. The van der Waals surface area contributed by atoms with E-state index >= 15 is 0 Å². The predicted molar refractivity (Wildman–Crippen MR) is 52.7 cm³/mol. The molecule has 0 bridgehead atoms. The molecule has 2 unspecified atom stereocenters. The molecule has 0 saturated carbocycles. The molecule has 5 heteroatoms. The van der Waals surface area contributed by atoms with E-state index in [4.69, 9.17) is 10.8 Å². The van der Waals surface area contributed by atoms with E-state index in [2.05, 4.69) is 5.32 Å². The Hall–Kier alpha value is -1.10. The largest absolute Gasteiger partial charge is 0.480 e. The SMILES string of the molecule is CCC(NC(=O)C(C)(N)CC)C(=O)O. The number of rotatable bonds is 5. The second kappa shape index (κ2) is 4.95. The summed E-state index contributed by atoms with van der Waals surface area (Å²) in [5.74, 6) is -1.46. The van der Waals surface area contributed by atoms with Gasteiger partial charge in [0.05, 0.1) is 5.54 Å². The van der Waals surface area contributed by atoms with Crippen molar-refractivity contribution in [2.24, 2.45) is 5.73 Å². The lowest BCUT2D eigenvalue weighted by Crippen LogP contribution is -2.55. The van der Waals surface area contributed by atoms with Gasteiger partial charge in [0.1, 0.15) is 6.04 Å². The number of hydrogen-bond acceptors (Lipinski definition) is 3. The van der Waals surface area contributed by atoms with Crippen molar-refractivity contribution in [1.82, 2.24) is 5.32 Å². The first kappa shape index (κ1) is 12.9. The second-order valence-electron chi connectivity index (χ2n) is 3.54. The standard InChI is InChI=1S/C9H18N2O3/c1-4-6(7(12)13)11-8(14)9(3,10)5-2/h6H,4-5,10H2,1-3H3,(H,11,14)(H,12,13). The number of amides is 1. The fraction of sp³-hybridized carbons (Fsp3) is 0.778. The highest BCUT2D eigenvalue weighted by Gasteiger charge is 2.29. The van der Waals surface area contributed by atoms with Crippen molar-refractivity contribution in [2.45, 2.75) is 45.2 Å². The summed E-state index contributed by atoms with van der Waals surface area (Å²) in [6, 6.07) is -0.850. The molecule has 0 aliphatic heterocycles. The highest BCUT2D eigenvalue weighted by atomic mass is 16.4. The van der Waals surface area contributed by atoms with E-state index in [0.717, 1.165) is 0 Å². The van der Waals surface area contributed by atoms with Crippen molar-refractivity contribution >= 4 is 11.9 Å². The molecule has 0 rings (SSSR count). The average molecular weight is 202 g/mol. The van der Waals surface area contributed by atoms with E-state index in [1.54, 1.807) is 20.8 Å². The molecule has 2 atom stereocenters. The Morgan fingerprint density at radius 2 is 2.00 bits per heavy atom. The third-order valence-electron chi connectivity index (χ3n) is 2.26. The third kappa shape index (κ3) is 3.33. The predicted octanol–water partition coefficient (Wildman–Crippen LogP) is 0.0932. The van der Waals surface area contributed by atoms with Crippen LogP contribution in [-0.2, 0) is 9.59 Å². The number of carbonyl (C=O) groups is 2. The number of nitrogens with two attached hydrogens (primary N) is 1. The van der Waals surface area contributed by atoms with Crippen LogP contribution in [0.4, 0.5) is 0 Å². The van der Waals surface area contributed by atoms with Gasteiger partial charge in [-0.3, -0.25) is 4.79 Å². The van der Waals surface area contributed by atoms with Crippen LogP contribution in [0, 0.1) is 0 Å². The topological polar surface area (TPSA) is 92.4 Å². The molecule has 0 aromatic carbocycles. The van der Waals surface area contributed by atoms with E-state index in [9.17, 15) is 9.59 Å². The molecule has 0 spiro atoms. The number of aliphatic carboxylic acids is 1. The number of nitrogens with one attached hydrogen (secondary N) is 1. The first-order chi connectivity index (χ1) is 6.35. The Morgan fingerprint density at radius 3 is 2.29 bits per heavy atom. The van der Waals surface area contributed by atoms with Gasteiger partial charge in [-0.2, -0.15) is 0 Å². The highest BCUT2D eigenvalue weighted by molar-refractivity contribution is 5.89. The van der Waals surface area contributed by atoms with Gasteiger partial charge in [-0.1, -0.05) is 13.8 Å². The first-order valence-electron chi connectivity index (χ1n) is 4.67. The van der Waals surface area contributed by atoms with Gasteiger partial charge < -0.3 is 16.2 Å². The van der Waals surface area contributed by atoms with Crippen molar-refractivity contribution in [3.8, 4) is 0 Å². The molecule has 0 radical (unpaired) electrons. The molecule has 14 heavy (non-hydrogen) atoms. The van der Waals surface area contributed by atoms with E-state index in [1.165, 1.54) is 0 Å². The van der Waals surface area contributed by atoms with Gasteiger partial charge in [-0.15, -0.1) is 0 Å². The number of carboxylic acids is 1. The van der Waals surface area contributed by atoms with Crippen molar-refractivity contribution in [2.75, 3.05) is 0 Å². The molecule has 0 aromatic heterocycles. The number of carbonyl (C=O) groups excluding carboxylic acids is 1. The Kier molecular flexibility index (Phi) is 4.56. The molecule has 0 aliphatic rings. The minimum Gasteiger partial charge on any atom is -0.480 e. The Balaban J connectivity index is 4.37. The minimum absolute atomic E-state index is 0.348. The average Bonchev–Trinajstić information content (AvgIpc) is 2.12. The molecule has 4 N–H and O–H groups in total. The fourth-order valence-corrected chi connectivity index (χ4v) is 0.822. The summed E-state index contributed by atoms with van der Waals surface area (Å²) in [6.07, 6.45) is 0.815. The van der Waals surface area contributed by atoms with E-state index in [1.807, 2.05) is 0 Å². The fourth-order valence-electron chi connectivity index (χ4n) is 0.822. The zero-order valence-corrected chi connectivity index (χ0v) is 8.83. The van der Waals surface area contributed by atoms with Crippen LogP contribution >= 0.6 is 0 Å². The van der Waals surface area contributed by atoms with Gasteiger partial charge in [0.15, 0.2) is 0 Å². The van der Waals surface area contributed by atoms with Gasteiger partial charge in [0.2, 0.25) is 5.91 Å². The zero-order valence-electron chi connectivity index (χ0n) is 8.83. The lowest BCUT2D eigenvalue weighted by molar-refractivity contribution is -0.142. The van der Waals surface area contributed by atoms with Crippen LogP contribution in [-0.4, -0.2) is 28.6 Å². The van der Waals surface area contributed by atoms with E-state index in [-0.39, 0.29) is 0 Å². The first-order valence-corrected chi connectivity index (χ1v) is 4.67. The van der Waals surface area contributed by atoms with Crippen LogP contribution < -0.4 is 11.1 Å². The smallest absolute Gasteiger partial charge is 0.326 e. The van der Waals surface area contributed by atoms with Crippen molar-refractivity contribution in [1.29, 1.82) is 0 Å². The maximum absolute atomic E-state index is 11.5. The Bertz CT molecular complexity index is 226. The van der Waals surface area contributed by atoms with Crippen LogP contribution in [0.5, 0.6) is 0 Å². The molecular formula is C9H18N2O3. The van der Waals surface area contributed by atoms with Crippen molar-refractivity contribution in [3.63, 3.8) is 0 Å². The molecule has 0 fully saturated rings. The lowest BCUT2D eigenvalue weighted by atomic mass is 9.99. The van der Waals surface area contributed by atoms with Gasteiger partial charge in [-0.05, 0) is 19.8 Å². The van der Waals surface area contributed by atoms with Crippen molar-refractivity contribution < 1.29 is 14.7 Å². The second-order valence-corrected chi connectivity index (χ2v) is 3.54. The van der Waals surface area contributed by atoms with Gasteiger partial charge in [-0.25, -0.2) is 4.79 Å². The van der Waals surface area contributed by atoms with Crippen LogP contribution in [0.2, 0.25) is 0 Å². The molecule has 5 nitrogen and oxygen atoms in total. The molecule has 1 amide bonds. The third-order valence-corrected chi connectivity index (χ3v) is 2.26. The Labute approximate surface area is 83.7 Å². The molecule has 0 aliphatic carbocycles. The monoisotopic (exact) mass is 202 g/mol. The summed E-state index contributed by atoms with van der Waals surface area (Å²) in [5.41, 5.74) is 4.66. The van der Waals surface area contributed by atoms with Gasteiger partial charge in [0.25, 0.3) is 0 Å². The summed E-state index contributed by atoms with van der Waals surface area (Å²) >= 11 is 0. The van der Waals surface area contributed by atoms with Gasteiger partial charge in [0, 0.05) is 0 Å². The molecular weight excluding hydrogens is 184 g/mol. The van der Waals surface area contributed by atoms with Crippen molar-refractivity contribution in [3.05, 3.63) is 0 Å². The summed E-state index contributed by atoms with van der Waals surface area (Å²) in [4.78, 5) is 22.1. The summed E-state index contributed by atoms with van der Waals surface area (Å²) in [7, 11) is 0. The van der Waals surface area contributed by atoms with E-state index in [0.29, 0.717) is 12.8 Å². The highest BCUT2D eigenvalue weighted by Crippen LogP contribution is 2.05. The maximum Gasteiger partial charge on any atom is 0.326 e. The van der Waals surface area contributed by atoms with Crippen LogP contribution in [0.25, 0.3) is 0 Å². The van der Waals surface area contributed by atoms with E-state index < -0.39 is 23.5 Å². The van der Waals surface area contributed by atoms with Gasteiger partial charge >= 0.3 is 5.97 Å². The molecule has 0 aromatic rings. The number of hydrogen-bond donors (Lipinski definition) is 3. The summed E-state index contributed by atoms with van der Waals surface area (Å²) < 4.78 is 0. The Morgan fingerprint density at radius 1 is 1.50 bits per heavy atom. The summed E-state index contributed by atoms with van der Waals surface area (Å²) in [5, 5.41) is 11.1. The maximum atomic E-state index is 11.5.